The molecule has 2 aliphatic heterocycles. The zero-order valence-corrected chi connectivity index (χ0v) is 57.2. The normalized spacial score (nSPS) is 24.4. The SMILES string of the molecule is CCCC1OC1C(=O)N[C@@H](CO)C(=O)N[C@@H]1C(O)=N[C@H](Cc2c[nH]c3ccccc23)C(O)=N[C@@H](CC(=O)O)C(O)=N[C@@H](CC(=O)O)C(O)=N[C@H](c2ccc(O)cc2)C(O)=N[C@@H](CC(=O)O)C(O)=NCC(O)=N[C@H]([C@H](O)C(N)=O)C(O)=N[C@@H]([C@@H](C)CC(=O)O)C(O)=N[C@@H](Cc2c[nH]c3ccccc23)C(=O)OC1C. The lowest BCUT2D eigenvalue weighted by Crippen LogP contribution is -2.57. The second kappa shape index (κ2) is 37.2. The zero-order chi connectivity index (χ0) is 78.7. The van der Waals surface area contributed by atoms with E-state index < -0.39 is 249 Å². The number of carboxylic acids is 4. The Morgan fingerprint density at radius 1 is 0.598 bits per heavy atom. The third-order valence-corrected chi connectivity index (χ3v) is 16.6. The van der Waals surface area contributed by atoms with E-state index in [0.717, 1.165) is 38.1 Å². The predicted octanol–water partition coefficient (Wildman–Crippen LogP) is 1.93. The van der Waals surface area contributed by atoms with Crippen molar-refractivity contribution in [3.63, 3.8) is 0 Å². The molecule has 15 atom stereocenters. The number of hydrogen-bond donors (Lipinski definition) is 21. The first-order chi connectivity index (χ1) is 50.7. The molecule has 4 heterocycles. The van der Waals surface area contributed by atoms with Crippen LogP contribution in [-0.2, 0) is 60.7 Å². The topological polar surface area (TPSA) is 675 Å². The van der Waals surface area contributed by atoms with Crippen molar-refractivity contribution >= 4 is 122 Å². The van der Waals surface area contributed by atoms with E-state index in [9.17, 15) is 115 Å². The van der Waals surface area contributed by atoms with Gasteiger partial charge in [-0.2, -0.15) is 0 Å². The van der Waals surface area contributed by atoms with Gasteiger partial charge in [0, 0.05) is 47.0 Å². The van der Waals surface area contributed by atoms with Crippen molar-refractivity contribution < 1.29 is 130 Å². The van der Waals surface area contributed by atoms with Gasteiger partial charge in [0.25, 0.3) is 5.91 Å². The number of amides is 3. The molecule has 3 aromatic carbocycles. The zero-order valence-electron chi connectivity index (χ0n) is 57.2. The first-order valence-electron chi connectivity index (χ1n) is 32.8. The van der Waals surface area contributed by atoms with E-state index >= 15 is 4.79 Å². The molecule has 40 nitrogen and oxygen atoms in total. The number of ether oxygens (including phenoxy) is 2. The molecule has 7 rings (SSSR count). The fourth-order valence-electron chi connectivity index (χ4n) is 11.1. The highest BCUT2D eigenvalue weighted by Gasteiger charge is 2.46. The van der Waals surface area contributed by atoms with Gasteiger partial charge in [-0.1, -0.05) is 68.8 Å². The molecule has 3 amide bonds. The third kappa shape index (κ3) is 22.7. The van der Waals surface area contributed by atoms with Crippen LogP contribution >= 0.6 is 0 Å². The number of nitrogens with two attached hydrogens (primary N) is 1. The molecule has 40 heteroatoms. The molecule has 0 bridgehead atoms. The lowest BCUT2D eigenvalue weighted by molar-refractivity contribution is -0.151. The van der Waals surface area contributed by atoms with E-state index in [4.69, 9.17) is 15.2 Å². The van der Waals surface area contributed by atoms with E-state index in [1.165, 1.54) is 12.4 Å². The lowest BCUT2D eigenvalue weighted by Gasteiger charge is -2.28. The number of phenolic OH excluding ortho intramolecular Hbond substituents is 1. The number of esters is 1. The van der Waals surface area contributed by atoms with Crippen molar-refractivity contribution in [2.24, 2.45) is 56.6 Å². The highest BCUT2D eigenvalue weighted by atomic mass is 16.6. The molecule has 5 aromatic rings. The minimum atomic E-state index is -2.69. The number of fused-ring (bicyclic) bond motifs is 2. The van der Waals surface area contributed by atoms with Crippen LogP contribution in [0.2, 0.25) is 0 Å². The van der Waals surface area contributed by atoms with Crippen LogP contribution in [-0.4, -0.2) is 284 Å². The predicted molar refractivity (Wildman–Crippen MR) is 380 cm³/mol. The molecule has 1 fully saturated rings. The Morgan fingerprint density at radius 3 is 1.63 bits per heavy atom. The van der Waals surface area contributed by atoms with Gasteiger partial charge in [0.1, 0.15) is 60.7 Å². The molecular formula is C67H80N14O26. The summed E-state index contributed by atoms with van der Waals surface area (Å²) in [5.74, 6) is -26.5. The number of aliphatic carboxylic acids is 4. The highest BCUT2D eigenvalue weighted by molar-refractivity contribution is 5.99. The van der Waals surface area contributed by atoms with Crippen LogP contribution in [0.1, 0.15) is 82.0 Å². The molecule has 1 saturated heterocycles. The summed E-state index contributed by atoms with van der Waals surface area (Å²) in [5.41, 5.74) is 6.65. The Balaban J connectivity index is 1.51. The fraction of sp³-hybridized carbons (Fsp3) is 0.418. The molecule has 3 unspecified atom stereocenters. The number of aliphatic hydroxyl groups excluding tert-OH is 11. The third-order valence-electron chi connectivity index (χ3n) is 16.6. The van der Waals surface area contributed by atoms with Gasteiger partial charge in [-0.3, -0.25) is 33.6 Å². The molecule has 2 aromatic heterocycles. The van der Waals surface area contributed by atoms with E-state index in [0.29, 0.717) is 34.6 Å². The minimum Gasteiger partial charge on any atom is -0.508 e. The number of carbonyl (C=O) groups excluding carboxylic acids is 4. The summed E-state index contributed by atoms with van der Waals surface area (Å²) in [7, 11) is 0. The molecule has 0 aliphatic carbocycles. The first-order valence-corrected chi connectivity index (χ1v) is 32.8. The maximum absolute atomic E-state index is 15.1. The number of para-hydroxylation sites is 2. The van der Waals surface area contributed by atoms with Crippen LogP contribution in [0.15, 0.2) is 130 Å². The minimum absolute atomic E-state index is 0.262. The number of nitrogens with one attached hydrogen (secondary N) is 4. The fourth-order valence-corrected chi connectivity index (χ4v) is 11.1. The van der Waals surface area contributed by atoms with Crippen molar-refractivity contribution in [1.82, 2.24) is 20.6 Å². The molecular weight excluding hydrogens is 1420 g/mol. The standard InChI is InChI=1S/C67H80N14O26/c1-4-9-44-55(107-44)66(104)77-43(27-82)61(99)80-51-29(3)106-67(105)42(20-32-25-70-37-13-8-6-11-35(32)37)76-62(100)50(28(2)18-46(85)86)79-65(103)53(54(93)56(68)94)78-45(84)26-71-57(95)39(21-47(87)88)75-64(102)52(30-14-16-33(83)17-15-30)81-60(98)41(23-49(91)92)73-59(97)40(22-48(89)90)72-58(96)38(74-63(51)101)19-31-24-69-36-12-7-5-10-34(31)36/h5-8,10-17,24-25,28-29,38-44,50-55,69-70,82-83,93H,4,9,18-23,26-27H2,1-3H3,(H2,68,94)(H,71,95)(H,72,96)(H,73,97)(H,74,101)(H,75,102)(H,76,100)(H,77,104)(H,78,84)(H,79,103)(H,80,99)(H,81,98)(H,85,86)(H,87,88)(H,89,90)(H,91,92)/t28-,29?,38+,39-,40-,41-,42-,43-,44?,50-,51-,52+,53+,54-,55?/m0/s1. The number of cyclic esters (lactones) is 1. The van der Waals surface area contributed by atoms with E-state index in [1.807, 2.05) is 6.92 Å². The van der Waals surface area contributed by atoms with Crippen molar-refractivity contribution in [3.05, 3.63) is 102 Å². The Bertz CT molecular complexity index is 4370. The molecule has 107 heavy (non-hydrogen) atoms. The van der Waals surface area contributed by atoms with Crippen molar-refractivity contribution in [2.75, 3.05) is 13.2 Å². The second-order valence-corrected chi connectivity index (χ2v) is 24.7. The summed E-state index contributed by atoms with van der Waals surface area (Å²) in [6.45, 7) is 1.58. The number of phenols is 1. The second-order valence-electron chi connectivity index (χ2n) is 24.7. The average Bonchev–Trinajstić information content (AvgIpc) is 1.78. The number of benzene rings is 3. The van der Waals surface area contributed by atoms with Crippen molar-refractivity contribution in [2.45, 2.75) is 157 Å². The molecule has 574 valence electrons. The smallest absolute Gasteiger partial charge is 0.331 e. The number of aromatic nitrogens is 2. The van der Waals surface area contributed by atoms with Crippen LogP contribution in [0.3, 0.4) is 0 Å². The summed E-state index contributed by atoms with van der Waals surface area (Å²) in [6.07, 6.45) is -8.43. The monoisotopic (exact) mass is 1500 g/mol. The molecule has 2 aliphatic rings. The highest BCUT2D eigenvalue weighted by Crippen LogP contribution is 2.29. The Morgan fingerprint density at radius 2 is 1.09 bits per heavy atom. The number of nitrogens with zero attached hydrogens (tertiary/aromatic N) is 9. The number of hydrogen-bond acceptors (Lipinski definition) is 22. The maximum atomic E-state index is 15.1. The van der Waals surface area contributed by atoms with Gasteiger partial charge in [0.15, 0.2) is 30.3 Å². The Hall–Kier alpha value is -12.6. The van der Waals surface area contributed by atoms with Gasteiger partial charge >= 0.3 is 29.8 Å². The number of rotatable bonds is 23. The first kappa shape index (κ1) is 81.7. The van der Waals surface area contributed by atoms with Crippen molar-refractivity contribution in [3.8, 4) is 5.75 Å². The largest absolute Gasteiger partial charge is 0.508 e. The maximum Gasteiger partial charge on any atom is 0.331 e. The number of carboxylic acid groups (broad SMARTS) is 4. The summed E-state index contributed by atoms with van der Waals surface area (Å²) in [5, 5.41) is 184. The summed E-state index contributed by atoms with van der Waals surface area (Å²) in [4.78, 5) is 147. The van der Waals surface area contributed by atoms with Crippen LogP contribution in [0.5, 0.6) is 5.75 Å². The van der Waals surface area contributed by atoms with Crippen LogP contribution in [0, 0.1) is 5.92 Å². The van der Waals surface area contributed by atoms with E-state index in [1.54, 1.807) is 48.5 Å². The number of epoxide rings is 1. The molecule has 0 saturated carbocycles. The molecule has 0 spiro atoms. The number of aromatic amines is 2. The average molecular weight is 1500 g/mol. The van der Waals surface area contributed by atoms with Crippen LogP contribution in [0.4, 0.5) is 0 Å². The summed E-state index contributed by atoms with van der Waals surface area (Å²) >= 11 is 0. The van der Waals surface area contributed by atoms with Crippen molar-refractivity contribution in [1.29, 1.82) is 0 Å². The Labute approximate surface area is 604 Å². The molecule has 0 radical (unpaired) electrons. The summed E-state index contributed by atoms with van der Waals surface area (Å²) < 4.78 is 11.4. The molecule has 22 N–H and O–H groups in total. The van der Waals surface area contributed by atoms with Gasteiger partial charge in [0.2, 0.25) is 64.9 Å². The number of carbonyl (C=O) groups is 8. The van der Waals surface area contributed by atoms with Gasteiger partial charge in [-0.15, -0.1) is 0 Å². The lowest BCUT2D eigenvalue weighted by atomic mass is 9.97. The van der Waals surface area contributed by atoms with E-state index in [-0.39, 0.29) is 16.7 Å². The van der Waals surface area contributed by atoms with Gasteiger partial charge < -0.3 is 118 Å². The number of aliphatic hydroxyl groups is 11. The van der Waals surface area contributed by atoms with E-state index in [2.05, 4.69) is 65.5 Å². The van der Waals surface area contributed by atoms with Crippen LogP contribution < -0.4 is 16.4 Å². The van der Waals surface area contributed by atoms with Gasteiger partial charge in [-0.05, 0) is 60.2 Å². The van der Waals surface area contributed by atoms with Crippen LogP contribution in [0.25, 0.3) is 21.8 Å². The number of H-pyrrole nitrogens is 2. The Kier molecular flexibility index (Phi) is 28.4. The quantitative estimate of drug-likeness (QED) is 0.0328. The van der Waals surface area contributed by atoms with Gasteiger partial charge in [0.05, 0.1) is 38.4 Å². The number of aliphatic imine (C=N–C) groups is 9. The summed E-state index contributed by atoms with van der Waals surface area (Å²) in [6, 6.07) is -4.73. The number of primary amides is 1. The number of aromatic hydroxyl groups is 1. The van der Waals surface area contributed by atoms with Gasteiger partial charge in [-0.25, -0.2) is 49.7 Å².